The highest BCUT2D eigenvalue weighted by Crippen LogP contribution is 2.21. The van der Waals surface area contributed by atoms with E-state index in [9.17, 15) is 13.6 Å². The molecule has 27 heavy (non-hydrogen) atoms. The highest BCUT2D eigenvalue weighted by Gasteiger charge is 2.11. The van der Waals surface area contributed by atoms with Crippen LogP contribution in [0.2, 0.25) is 0 Å². The van der Waals surface area contributed by atoms with E-state index in [1.165, 1.54) is 18.2 Å². The van der Waals surface area contributed by atoms with Crippen LogP contribution < -0.4 is 16.8 Å². The molecule has 0 spiro atoms. The van der Waals surface area contributed by atoms with Crippen LogP contribution in [-0.4, -0.2) is 16.7 Å². The largest absolute Gasteiger partial charge is 0.383 e. The van der Waals surface area contributed by atoms with Crippen molar-refractivity contribution >= 4 is 29.1 Å². The smallest absolute Gasteiger partial charge is 0.278 e. The Hall–Kier alpha value is -3.81. The lowest BCUT2D eigenvalue weighted by atomic mass is 10.2. The Morgan fingerprint density at radius 3 is 2.44 bits per heavy atom. The van der Waals surface area contributed by atoms with Gasteiger partial charge in [0, 0.05) is 11.6 Å². The quantitative estimate of drug-likeness (QED) is 0.485. The highest BCUT2D eigenvalue weighted by atomic mass is 19.1. The Morgan fingerprint density at radius 1 is 1.04 bits per heavy atom. The molecule has 0 unspecified atom stereocenters. The summed E-state index contributed by atoms with van der Waals surface area (Å²) in [7, 11) is 0. The molecule has 3 rings (SSSR count). The molecule has 0 atom stereocenters. The highest BCUT2D eigenvalue weighted by molar-refractivity contribution is 6.10. The van der Waals surface area contributed by atoms with Crippen LogP contribution in [0, 0.1) is 11.6 Å². The number of rotatable bonds is 4. The van der Waals surface area contributed by atoms with Gasteiger partial charge in [0.2, 0.25) is 0 Å². The zero-order valence-electron chi connectivity index (χ0n) is 14.0. The molecule has 0 saturated carbocycles. The lowest BCUT2D eigenvalue weighted by Crippen LogP contribution is -2.18. The normalized spacial score (nSPS) is 11.3. The van der Waals surface area contributed by atoms with Gasteiger partial charge < -0.3 is 16.8 Å². The van der Waals surface area contributed by atoms with Crippen LogP contribution in [-0.2, 0) is 0 Å². The van der Waals surface area contributed by atoms with Crippen molar-refractivity contribution in [3.8, 4) is 0 Å². The van der Waals surface area contributed by atoms with Crippen molar-refractivity contribution in [1.29, 1.82) is 0 Å². The lowest BCUT2D eigenvalue weighted by Gasteiger charge is -2.10. The van der Waals surface area contributed by atoms with Crippen molar-refractivity contribution in [2.75, 3.05) is 11.1 Å². The van der Waals surface area contributed by atoms with Gasteiger partial charge in [-0.25, -0.2) is 13.8 Å². The second-order valence-electron chi connectivity index (χ2n) is 5.55. The SMILES string of the molecule is NC(=NC(=O)c1ccccc1)c1ccc(Nc2ccc(F)cc2F)nc1N. The maximum atomic E-state index is 13.7. The van der Waals surface area contributed by atoms with Crippen molar-refractivity contribution < 1.29 is 13.6 Å². The molecule has 2 aromatic carbocycles. The first kappa shape index (κ1) is 18.0. The molecule has 1 amide bonds. The van der Waals surface area contributed by atoms with E-state index in [1.54, 1.807) is 30.3 Å². The number of amides is 1. The van der Waals surface area contributed by atoms with Gasteiger partial charge in [-0.2, -0.15) is 4.99 Å². The molecule has 8 heteroatoms. The van der Waals surface area contributed by atoms with Gasteiger partial charge in [0.25, 0.3) is 5.91 Å². The third-order valence-corrected chi connectivity index (χ3v) is 3.64. The molecule has 0 aliphatic heterocycles. The number of pyridine rings is 1. The van der Waals surface area contributed by atoms with E-state index in [2.05, 4.69) is 15.3 Å². The third kappa shape index (κ3) is 4.24. The second kappa shape index (κ2) is 7.61. The molecule has 0 radical (unpaired) electrons. The van der Waals surface area contributed by atoms with Crippen LogP contribution in [0.25, 0.3) is 0 Å². The molecule has 0 bridgehead atoms. The summed E-state index contributed by atoms with van der Waals surface area (Å²) >= 11 is 0. The summed E-state index contributed by atoms with van der Waals surface area (Å²) < 4.78 is 26.7. The van der Waals surface area contributed by atoms with Gasteiger partial charge in [0.15, 0.2) is 0 Å². The van der Waals surface area contributed by atoms with Crippen LogP contribution in [0.1, 0.15) is 15.9 Å². The Labute approximate surface area is 153 Å². The lowest BCUT2D eigenvalue weighted by molar-refractivity contribution is 0.100. The van der Waals surface area contributed by atoms with Gasteiger partial charge in [0.1, 0.15) is 29.1 Å². The molecular formula is C19H15F2N5O. The molecular weight excluding hydrogens is 352 g/mol. The van der Waals surface area contributed by atoms with E-state index in [-0.39, 0.29) is 28.7 Å². The van der Waals surface area contributed by atoms with E-state index >= 15 is 0 Å². The van der Waals surface area contributed by atoms with Crippen molar-refractivity contribution in [2.24, 2.45) is 10.7 Å². The first-order chi connectivity index (χ1) is 12.9. The molecule has 0 aliphatic carbocycles. The molecule has 5 N–H and O–H groups in total. The summed E-state index contributed by atoms with van der Waals surface area (Å²) in [6.45, 7) is 0. The number of anilines is 3. The van der Waals surface area contributed by atoms with Crippen LogP contribution in [0.4, 0.5) is 26.1 Å². The minimum Gasteiger partial charge on any atom is -0.383 e. The number of carbonyl (C=O) groups is 1. The summed E-state index contributed by atoms with van der Waals surface area (Å²) in [6, 6.07) is 14.5. The van der Waals surface area contributed by atoms with Crippen molar-refractivity contribution in [3.63, 3.8) is 0 Å². The van der Waals surface area contributed by atoms with Crippen molar-refractivity contribution in [1.82, 2.24) is 4.98 Å². The number of benzene rings is 2. The topological polar surface area (TPSA) is 106 Å². The third-order valence-electron chi connectivity index (χ3n) is 3.64. The zero-order valence-corrected chi connectivity index (χ0v) is 14.0. The molecule has 0 aliphatic rings. The number of nitrogen functional groups attached to an aromatic ring is 1. The van der Waals surface area contributed by atoms with Gasteiger partial charge in [-0.1, -0.05) is 18.2 Å². The minimum absolute atomic E-state index is 0.00429. The fourth-order valence-electron chi connectivity index (χ4n) is 2.30. The number of hydrogen-bond donors (Lipinski definition) is 3. The van der Waals surface area contributed by atoms with Crippen LogP contribution >= 0.6 is 0 Å². The van der Waals surface area contributed by atoms with Crippen LogP contribution in [0.5, 0.6) is 0 Å². The average Bonchev–Trinajstić information content (AvgIpc) is 2.64. The summed E-state index contributed by atoms with van der Waals surface area (Å²) in [6.07, 6.45) is 0. The molecule has 3 aromatic rings. The Bertz CT molecular complexity index is 1020. The van der Waals surface area contributed by atoms with Gasteiger partial charge in [-0.3, -0.25) is 4.79 Å². The Kier molecular flexibility index (Phi) is 5.07. The zero-order chi connectivity index (χ0) is 19.4. The van der Waals surface area contributed by atoms with Crippen LogP contribution in [0.3, 0.4) is 0 Å². The number of carbonyl (C=O) groups excluding carboxylic acids is 1. The number of nitrogens with zero attached hydrogens (tertiary/aromatic N) is 2. The maximum Gasteiger partial charge on any atom is 0.278 e. The van der Waals surface area contributed by atoms with E-state index in [0.717, 1.165) is 12.1 Å². The van der Waals surface area contributed by atoms with Gasteiger partial charge >= 0.3 is 0 Å². The molecule has 6 nitrogen and oxygen atoms in total. The summed E-state index contributed by atoms with van der Waals surface area (Å²) in [5.41, 5.74) is 12.4. The van der Waals surface area contributed by atoms with Gasteiger partial charge in [-0.15, -0.1) is 0 Å². The first-order valence-corrected chi connectivity index (χ1v) is 7.86. The van der Waals surface area contributed by atoms with E-state index in [0.29, 0.717) is 5.56 Å². The van der Waals surface area contributed by atoms with E-state index in [4.69, 9.17) is 11.5 Å². The van der Waals surface area contributed by atoms with Crippen LogP contribution in [0.15, 0.2) is 65.7 Å². The fraction of sp³-hybridized carbons (Fsp3) is 0. The fourth-order valence-corrected chi connectivity index (χ4v) is 2.30. The molecule has 1 aromatic heterocycles. The van der Waals surface area contributed by atoms with Crippen molar-refractivity contribution in [3.05, 3.63) is 83.4 Å². The minimum atomic E-state index is -0.769. The summed E-state index contributed by atoms with van der Waals surface area (Å²) in [5.74, 6) is -1.83. The van der Waals surface area contributed by atoms with E-state index in [1.807, 2.05) is 0 Å². The number of nitrogens with one attached hydrogen (secondary N) is 1. The first-order valence-electron chi connectivity index (χ1n) is 7.86. The number of nitrogens with two attached hydrogens (primary N) is 2. The molecule has 136 valence electrons. The van der Waals surface area contributed by atoms with Crippen molar-refractivity contribution in [2.45, 2.75) is 0 Å². The Balaban J connectivity index is 1.82. The standard InChI is InChI=1S/C19H15F2N5O/c20-12-6-8-15(14(21)10-12)24-16-9-7-13(17(22)25-16)18(23)26-19(27)11-4-2-1-3-5-11/h1-10H,(H3,22,24,25)(H2,23,26,27). The summed E-state index contributed by atoms with van der Waals surface area (Å²) in [4.78, 5) is 20.0. The molecule has 0 saturated heterocycles. The predicted octanol–water partition coefficient (Wildman–Crippen LogP) is 3.23. The number of hydrogen-bond acceptors (Lipinski definition) is 4. The second-order valence-corrected chi connectivity index (χ2v) is 5.55. The molecule has 0 fully saturated rings. The number of halogens is 2. The molecule has 1 heterocycles. The van der Waals surface area contributed by atoms with Gasteiger partial charge in [-0.05, 0) is 36.4 Å². The summed E-state index contributed by atoms with van der Waals surface area (Å²) in [5, 5.41) is 2.69. The number of amidine groups is 1. The number of aliphatic imine (C=N–C) groups is 1. The number of aromatic nitrogens is 1. The van der Waals surface area contributed by atoms with Gasteiger partial charge in [0.05, 0.1) is 11.3 Å². The monoisotopic (exact) mass is 367 g/mol. The Morgan fingerprint density at radius 2 is 1.78 bits per heavy atom. The average molecular weight is 367 g/mol. The van der Waals surface area contributed by atoms with E-state index < -0.39 is 17.5 Å². The predicted molar refractivity (Wildman–Crippen MR) is 99.8 cm³/mol. The maximum absolute atomic E-state index is 13.7.